The van der Waals surface area contributed by atoms with E-state index < -0.39 is 17.6 Å². The molecule has 1 amide bonds. The highest BCUT2D eigenvalue weighted by Gasteiger charge is 2.32. The molecule has 9 heteroatoms. The second-order valence-electron chi connectivity index (χ2n) is 7.13. The van der Waals surface area contributed by atoms with Crippen LogP contribution in [0.1, 0.15) is 41.6 Å². The second kappa shape index (κ2) is 9.22. The minimum atomic E-state index is -4.52. The van der Waals surface area contributed by atoms with Crippen molar-refractivity contribution >= 4 is 34.9 Å². The Balaban J connectivity index is 1.50. The number of aromatic nitrogens is 1. The first kappa shape index (κ1) is 21.7. The number of anilines is 1. The SMILES string of the molecule is O=C(N[C@H]1CC[C@H](CNc2ccc(Cl)cn2)CC1)c1cc(C(F)(F)F)ccc1Cl. The summed E-state index contributed by atoms with van der Waals surface area (Å²) in [5.74, 6) is 0.606. The maximum atomic E-state index is 12.9. The van der Waals surface area contributed by atoms with Crippen LogP contribution < -0.4 is 10.6 Å². The van der Waals surface area contributed by atoms with E-state index in [1.165, 1.54) is 0 Å². The molecule has 1 fully saturated rings. The molecule has 0 radical (unpaired) electrons. The van der Waals surface area contributed by atoms with Crippen LogP contribution in [0.25, 0.3) is 0 Å². The molecule has 1 aromatic carbocycles. The van der Waals surface area contributed by atoms with Gasteiger partial charge in [0.15, 0.2) is 0 Å². The Morgan fingerprint density at radius 3 is 2.45 bits per heavy atom. The maximum Gasteiger partial charge on any atom is 0.416 e. The molecule has 4 nitrogen and oxygen atoms in total. The molecule has 3 rings (SSSR count). The number of amides is 1. The van der Waals surface area contributed by atoms with Crippen molar-refractivity contribution in [1.29, 1.82) is 0 Å². The molecule has 2 aromatic rings. The van der Waals surface area contributed by atoms with Crippen LogP contribution >= 0.6 is 23.2 Å². The Labute approximate surface area is 176 Å². The Kier molecular flexibility index (Phi) is 6.90. The highest BCUT2D eigenvalue weighted by atomic mass is 35.5. The summed E-state index contributed by atoms with van der Waals surface area (Å²) in [5.41, 5.74) is -1.04. The molecule has 0 saturated heterocycles. The molecule has 0 bridgehead atoms. The third-order valence-electron chi connectivity index (χ3n) is 5.02. The fraction of sp³-hybridized carbons (Fsp3) is 0.400. The van der Waals surface area contributed by atoms with Crippen LogP contribution in [0.4, 0.5) is 19.0 Å². The molecule has 0 unspecified atom stereocenters. The summed E-state index contributed by atoms with van der Waals surface area (Å²) < 4.78 is 38.7. The van der Waals surface area contributed by atoms with Gasteiger partial charge in [-0.3, -0.25) is 4.79 Å². The predicted molar refractivity (Wildman–Crippen MR) is 107 cm³/mol. The van der Waals surface area contributed by atoms with Gasteiger partial charge >= 0.3 is 6.18 Å². The average Bonchev–Trinajstić information content (AvgIpc) is 2.68. The number of rotatable bonds is 5. The highest BCUT2D eigenvalue weighted by molar-refractivity contribution is 6.33. The van der Waals surface area contributed by atoms with Crippen molar-refractivity contribution in [3.63, 3.8) is 0 Å². The normalized spacial score (nSPS) is 19.6. The van der Waals surface area contributed by atoms with Crippen molar-refractivity contribution in [2.24, 2.45) is 5.92 Å². The van der Waals surface area contributed by atoms with Crippen molar-refractivity contribution in [3.05, 3.63) is 57.7 Å². The van der Waals surface area contributed by atoms with Crippen LogP contribution in [-0.2, 0) is 6.18 Å². The molecule has 0 atom stereocenters. The lowest BCUT2D eigenvalue weighted by molar-refractivity contribution is -0.137. The molecule has 0 spiro atoms. The van der Waals surface area contributed by atoms with E-state index in [0.717, 1.165) is 56.2 Å². The number of nitrogens with one attached hydrogen (secondary N) is 2. The van der Waals surface area contributed by atoms with Crippen LogP contribution in [0, 0.1) is 5.92 Å². The number of hydrogen-bond acceptors (Lipinski definition) is 3. The summed E-state index contributed by atoms with van der Waals surface area (Å²) in [6.45, 7) is 0.759. The molecule has 156 valence electrons. The summed E-state index contributed by atoms with van der Waals surface area (Å²) in [6.07, 6.45) is 0.341. The zero-order chi connectivity index (χ0) is 21.0. The molecule has 0 aliphatic heterocycles. The molecule has 2 N–H and O–H groups in total. The van der Waals surface area contributed by atoms with Gasteiger partial charge in [-0.25, -0.2) is 4.98 Å². The van der Waals surface area contributed by atoms with E-state index in [1.54, 1.807) is 12.3 Å². The molecular formula is C20H20Cl2F3N3O. The Bertz CT molecular complexity index is 851. The second-order valence-corrected chi connectivity index (χ2v) is 7.97. The van der Waals surface area contributed by atoms with E-state index in [0.29, 0.717) is 10.9 Å². The van der Waals surface area contributed by atoms with E-state index in [9.17, 15) is 18.0 Å². The summed E-state index contributed by atoms with van der Waals surface area (Å²) in [5, 5.41) is 6.67. The van der Waals surface area contributed by atoms with Crippen LogP contribution in [0.15, 0.2) is 36.5 Å². The lowest BCUT2D eigenvalue weighted by atomic mass is 9.86. The molecule has 1 aromatic heterocycles. The standard InChI is InChI=1S/C20H20Cl2F3N3O/c21-14-4-8-18(27-11-14)26-10-12-1-5-15(6-2-12)28-19(29)16-9-13(20(23,24)25)3-7-17(16)22/h3-4,7-9,11-12,15H,1-2,5-6,10H2,(H,26,27)(H,28,29)/t12-,15-. The van der Waals surface area contributed by atoms with E-state index in [2.05, 4.69) is 15.6 Å². The summed E-state index contributed by atoms with van der Waals surface area (Å²) in [4.78, 5) is 16.6. The zero-order valence-corrected chi connectivity index (χ0v) is 16.9. The van der Waals surface area contributed by atoms with Gasteiger partial charge in [0.05, 0.1) is 21.2 Å². The number of carbonyl (C=O) groups is 1. The van der Waals surface area contributed by atoms with E-state index >= 15 is 0 Å². The van der Waals surface area contributed by atoms with Crippen molar-refractivity contribution in [2.75, 3.05) is 11.9 Å². The molecule has 1 aliphatic carbocycles. The minimum absolute atomic E-state index is 0.00357. The third kappa shape index (κ3) is 6.00. The lowest BCUT2D eigenvalue weighted by Crippen LogP contribution is -2.38. The van der Waals surface area contributed by atoms with Crippen LogP contribution in [0.5, 0.6) is 0 Å². The van der Waals surface area contributed by atoms with Gasteiger partial charge in [0, 0.05) is 18.8 Å². The van der Waals surface area contributed by atoms with Gasteiger partial charge in [-0.2, -0.15) is 13.2 Å². The van der Waals surface area contributed by atoms with Crippen molar-refractivity contribution in [2.45, 2.75) is 37.9 Å². The number of pyridine rings is 1. The van der Waals surface area contributed by atoms with Gasteiger partial charge in [-0.1, -0.05) is 23.2 Å². The van der Waals surface area contributed by atoms with Gasteiger partial charge in [-0.05, 0) is 61.9 Å². The maximum absolute atomic E-state index is 12.9. The number of halogens is 5. The first-order valence-corrected chi connectivity index (χ1v) is 10.0. The summed E-state index contributed by atoms with van der Waals surface area (Å²) in [7, 11) is 0. The fourth-order valence-corrected chi connectivity index (χ4v) is 3.69. The van der Waals surface area contributed by atoms with Crippen molar-refractivity contribution < 1.29 is 18.0 Å². The summed E-state index contributed by atoms with van der Waals surface area (Å²) in [6, 6.07) is 6.26. The van der Waals surface area contributed by atoms with Gasteiger partial charge in [0.1, 0.15) is 5.82 Å². The largest absolute Gasteiger partial charge is 0.416 e. The first-order valence-electron chi connectivity index (χ1n) is 9.25. The molecular weight excluding hydrogens is 426 g/mol. The highest BCUT2D eigenvalue weighted by Crippen LogP contribution is 2.32. The van der Waals surface area contributed by atoms with Crippen LogP contribution in [-0.4, -0.2) is 23.5 Å². The van der Waals surface area contributed by atoms with Gasteiger partial charge < -0.3 is 10.6 Å². The topological polar surface area (TPSA) is 54.0 Å². The number of carbonyl (C=O) groups excluding carboxylic acids is 1. The molecule has 1 aliphatic rings. The average molecular weight is 446 g/mol. The van der Waals surface area contributed by atoms with E-state index in [1.807, 2.05) is 6.07 Å². The molecule has 1 heterocycles. The van der Waals surface area contributed by atoms with E-state index in [4.69, 9.17) is 23.2 Å². The fourth-order valence-electron chi connectivity index (χ4n) is 3.38. The number of hydrogen-bond donors (Lipinski definition) is 2. The lowest BCUT2D eigenvalue weighted by Gasteiger charge is -2.29. The molecule has 1 saturated carbocycles. The quantitative estimate of drug-likeness (QED) is 0.610. The van der Waals surface area contributed by atoms with Gasteiger partial charge in [0.25, 0.3) is 5.91 Å². The number of nitrogens with zero attached hydrogens (tertiary/aromatic N) is 1. The Hall–Kier alpha value is -1.99. The smallest absolute Gasteiger partial charge is 0.370 e. The monoisotopic (exact) mass is 445 g/mol. The minimum Gasteiger partial charge on any atom is -0.370 e. The Morgan fingerprint density at radius 2 is 1.83 bits per heavy atom. The Morgan fingerprint density at radius 1 is 1.10 bits per heavy atom. The van der Waals surface area contributed by atoms with Crippen LogP contribution in [0.2, 0.25) is 10.0 Å². The number of alkyl halides is 3. The van der Waals surface area contributed by atoms with Gasteiger partial charge in [-0.15, -0.1) is 0 Å². The van der Waals surface area contributed by atoms with Gasteiger partial charge in [0.2, 0.25) is 0 Å². The number of benzene rings is 1. The first-order chi connectivity index (χ1) is 13.7. The van der Waals surface area contributed by atoms with Crippen molar-refractivity contribution in [1.82, 2.24) is 10.3 Å². The van der Waals surface area contributed by atoms with E-state index in [-0.39, 0.29) is 16.6 Å². The third-order valence-corrected chi connectivity index (χ3v) is 5.57. The molecule has 29 heavy (non-hydrogen) atoms. The predicted octanol–water partition coefficient (Wildman–Crippen LogP) is 5.81. The summed E-state index contributed by atoms with van der Waals surface area (Å²) >= 11 is 11.8. The van der Waals surface area contributed by atoms with Crippen LogP contribution in [0.3, 0.4) is 0 Å². The zero-order valence-electron chi connectivity index (χ0n) is 15.4. The van der Waals surface area contributed by atoms with Crippen molar-refractivity contribution in [3.8, 4) is 0 Å².